The van der Waals surface area contributed by atoms with Gasteiger partial charge >= 0.3 is 6.09 Å². The lowest BCUT2D eigenvalue weighted by atomic mass is 9.90. The Balaban J connectivity index is 1.62. The highest BCUT2D eigenvalue weighted by Gasteiger charge is 2.51. The summed E-state index contributed by atoms with van der Waals surface area (Å²) in [4.78, 5) is 15.0. The molecule has 2 atom stereocenters. The van der Waals surface area contributed by atoms with Gasteiger partial charge in [-0.2, -0.15) is 0 Å². The topological polar surface area (TPSA) is 48.0 Å². The molecule has 4 rings (SSSR count). The molecule has 1 aliphatic heterocycles. The maximum Gasteiger partial charge on any atom is 0.415 e. The first-order chi connectivity index (χ1) is 16.5. The summed E-state index contributed by atoms with van der Waals surface area (Å²) in [6.07, 6.45) is -0.846. The van der Waals surface area contributed by atoms with Gasteiger partial charge in [-0.05, 0) is 73.0 Å². The molecule has 7 heteroatoms. The van der Waals surface area contributed by atoms with E-state index in [0.29, 0.717) is 16.5 Å². The number of anilines is 1. The molecule has 0 N–H and O–H groups in total. The molecule has 184 valence electrons. The standard InChI is InChI=1S/C28H32ClNO4Si/c1-27(2,3)35-34-28(4,5)25-24(19-9-7-6-8-10-19)30(26(31)33-25)21-13-17-23(18-14-21)32-22-15-11-20(29)12-16-22/h6-18,24-25H,35H2,1-5H3/t24-,25+/m0/s1. The fourth-order valence-electron chi connectivity index (χ4n) is 4.04. The predicted molar refractivity (Wildman–Crippen MR) is 143 cm³/mol. The number of amides is 1. The Bertz CT molecular complexity index is 1140. The third-order valence-corrected chi connectivity index (χ3v) is 7.86. The highest BCUT2D eigenvalue weighted by atomic mass is 35.5. The van der Waals surface area contributed by atoms with Crippen molar-refractivity contribution in [2.24, 2.45) is 0 Å². The van der Waals surface area contributed by atoms with Crippen LogP contribution < -0.4 is 9.64 Å². The Hall–Kier alpha value is -2.80. The zero-order valence-corrected chi connectivity index (χ0v) is 23.0. The summed E-state index contributed by atoms with van der Waals surface area (Å²) in [6, 6.07) is 24.3. The molecule has 0 aliphatic carbocycles. The summed E-state index contributed by atoms with van der Waals surface area (Å²) < 4.78 is 18.4. The van der Waals surface area contributed by atoms with Crippen molar-refractivity contribution in [1.29, 1.82) is 0 Å². The molecule has 1 heterocycles. The number of nitrogens with zero attached hydrogens (tertiary/aromatic N) is 1. The van der Waals surface area contributed by atoms with E-state index in [4.69, 9.17) is 25.5 Å². The van der Waals surface area contributed by atoms with Crippen LogP contribution in [0.2, 0.25) is 10.1 Å². The van der Waals surface area contributed by atoms with Gasteiger partial charge in [-0.3, -0.25) is 4.90 Å². The fraction of sp³-hybridized carbons (Fsp3) is 0.321. The highest BCUT2D eigenvalue weighted by molar-refractivity contribution is 6.32. The number of ether oxygens (including phenoxy) is 2. The van der Waals surface area contributed by atoms with E-state index in [0.717, 1.165) is 11.3 Å². The molecule has 3 aromatic rings. The smallest absolute Gasteiger partial charge is 0.415 e. The summed E-state index contributed by atoms with van der Waals surface area (Å²) in [7, 11) is -0.859. The molecule has 1 amide bonds. The molecule has 0 unspecified atom stereocenters. The van der Waals surface area contributed by atoms with Crippen molar-refractivity contribution in [3.63, 3.8) is 0 Å². The molecule has 35 heavy (non-hydrogen) atoms. The van der Waals surface area contributed by atoms with Crippen LogP contribution in [0.15, 0.2) is 78.9 Å². The van der Waals surface area contributed by atoms with Crippen molar-refractivity contribution in [3.8, 4) is 11.5 Å². The largest absolute Gasteiger partial charge is 0.457 e. The molecule has 1 saturated heterocycles. The van der Waals surface area contributed by atoms with Crippen LogP contribution in [0.5, 0.6) is 11.5 Å². The first kappa shape index (κ1) is 25.3. The summed E-state index contributed by atoms with van der Waals surface area (Å²) in [5.41, 5.74) is 1.10. The van der Waals surface area contributed by atoms with Crippen LogP contribution in [0.3, 0.4) is 0 Å². The summed E-state index contributed by atoms with van der Waals surface area (Å²) in [5, 5.41) is 0.778. The van der Waals surface area contributed by atoms with E-state index in [2.05, 4.69) is 20.8 Å². The zero-order valence-electron chi connectivity index (χ0n) is 20.8. The molecule has 1 aliphatic rings. The Morgan fingerprint density at radius 1 is 0.857 bits per heavy atom. The van der Waals surface area contributed by atoms with E-state index < -0.39 is 21.5 Å². The van der Waals surface area contributed by atoms with Gasteiger partial charge in [-0.25, -0.2) is 4.79 Å². The van der Waals surface area contributed by atoms with Gasteiger partial charge < -0.3 is 13.9 Å². The molecule has 1 fully saturated rings. The van der Waals surface area contributed by atoms with E-state index in [9.17, 15) is 4.79 Å². The lowest BCUT2D eigenvalue weighted by molar-refractivity contribution is -0.0266. The van der Waals surface area contributed by atoms with Gasteiger partial charge in [0, 0.05) is 10.7 Å². The van der Waals surface area contributed by atoms with Crippen LogP contribution >= 0.6 is 11.6 Å². The number of halogens is 1. The highest BCUT2D eigenvalue weighted by Crippen LogP contribution is 2.43. The molecule has 0 saturated carbocycles. The summed E-state index contributed by atoms with van der Waals surface area (Å²) >= 11 is 5.96. The van der Waals surface area contributed by atoms with Crippen molar-refractivity contribution in [2.45, 2.75) is 57.4 Å². The first-order valence-corrected chi connectivity index (χ1v) is 13.4. The summed E-state index contributed by atoms with van der Waals surface area (Å²) in [6.45, 7) is 10.6. The average molecular weight is 510 g/mol. The number of carbonyl (C=O) groups is 1. The van der Waals surface area contributed by atoms with Crippen LogP contribution in [0.25, 0.3) is 0 Å². The minimum atomic E-state index is -0.859. The Labute approximate surface area is 214 Å². The van der Waals surface area contributed by atoms with Crippen molar-refractivity contribution in [1.82, 2.24) is 0 Å². The molecule has 0 aromatic heterocycles. The van der Waals surface area contributed by atoms with Crippen molar-refractivity contribution in [3.05, 3.63) is 89.4 Å². The second-order valence-electron chi connectivity index (χ2n) is 10.5. The number of cyclic esters (lactones) is 1. The monoisotopic (exact) mass is 509 g/mol. The molecular formula is C28H32ClNO4Si. The van der Waals surface area contributed by atoms with Crippen LogP contribution in [-0.4, -0.2) is 27.6 Å². The molecule has 0 radical (unpaired) electrons. The number of hydrogen-bond acceptors (Lipinski definition) is 4. The maximum absolute atomic E-state index is 13.2. The quantitative estimate of drug-likeness (QED) is 0.313. The van der Waals surface area contributed by atoms with Crippen molar-refractivity contribution >= 4 is 33.1 Å². The number of benzene rings is 3. The SMILES string of the molecule is CC(C)(C)[SiH2]OC(C)(C)[C@@H]1OC(=O)N(c2ccc(Oc3ccc(Cl)cc3)cc2)[C@H]1c1ccccc1. The summed E-state index contributed by atoms with van der Waals surface area (Å²) in [5.74, 6) is 1.35. The third-order valence-electron chi connectivity index (χ3n) is 5.86. The van der Waals surface area contributed by atoms with Crippen LogP contribution in [0, 0.1) is 0 Å². The van der Waals surface area contributed by atoms with Crippen molar-refractivity contribution < 1.29 is 18.7 Å². The number of hydrogen-bond donors (Lipinski definition) is 0. The second-order valence-corrected chi connectivity index (χ2v) is 13.7. The normalized spacial score (nSPS) is 18.8. The van der Waals surface area contributed by atoms with Crippen molar-refractivity contribution in [2.75, 3.05) is 4.90 Å². The molecule has 0 bridgehead atoms. The number of carbonyl (C=O) groups excluding carboxylic acids is 1. The van der Waals surface area contributed by atoms with E-state index in [1.54, 1.807) is 17.0 Å². The molecule has 3 aromatic carbocycles. The molecule has 5 nitrogen and oxygen atoms in total. The van der Waals surface area contributed by atoms with Gasteiger partial charge in [0.1, 0.15) is 17.5 Å². The fourth-order valence-corrected chi connectivity index (χ4v) is 5.13. The van der Waals surface area contributed by atoms with Gasteiger partial charge in [-0.1, -0.05) is 62.7 Å². The van der Waals surface area contributed by atoms with Gasteiger partial charge in [0.2, 0.25) is 0 Å². The van der Waals surface area contributed by atoms with E-state index >= 15 is 0 Å². The van der Waals surface area contributed by atoms with Crippen LogP contribution in [0.1, 0.15) is 46.2 Å². The van der Waals surface area contributed by atoms with E-state index in [1.165, 1.54) is 0 Å². The number of rotatable bonds is 7. The lowest BCUT2D eigenvalue weighted by Crippen LogP contribution is -2.45. The van der Waals surface area contributed by atoms with Gasteiger partial charge in [0.15, 0.2) is 15.9 Å². The third kappa shape index (κ3) is 6.07. The Morgan fingerprint density at radius 2 is 1.43 bits per heavy atom. The molecule has 0 spiro atoms. The average Bonchev–Trinajstić information content (AvgIpc) is 3.18. The van der Waals surface area contributed by atoms with Crippen LogP contribution in [-0.2, 0) is 9.16 Å². The maximum atomic E-state index is 13.2. The van der Waals surface area contributed by atoms with Gasteiger partial charge in [-0.15, -0.1) is 0 Å². The Kier molecular flexibility index (Phi) is 7.26. The predicted octanol–water partition coefficient (Wildman–Crippen LogP) is 7.30. The lowest BCUT2D eigenvalue weighted by Gasteiger charge is -2.37. The first-order valence-electron chi connectivity index (χ1n) is 11.8. The van der Waals surface area contributed by atoms with E-state index in [1.807, 2.05) is 80.6 Å². The Morgan fingerprint density at radius 3 is 2.00 bits per heavy atom. The second kappa shape index (κ2) is 10.1. The van der Waals surface area contributed by atoms with Crippen LogP contribution in [0.4, 0.5) is 10.5 Å². The minimum absolute atomic E-state index is 0.127. The van der Waals surface area contributed by atoms with E-state index in [-0.39, 0.29) is 17.2 Å². The molecular weight excluding hydrogens is 478 g/mol. The van der Waals surface area contributed by atoms with Gasteiger partial charge in [0.25, 0.3) is 0 Å². The zero-order chi connectivity index (χ0) is 25.2. The minimum Gasteiger partial charge on any atom is -0.457 e. The van der Waals surface area contributed by atoms with Gasteiger partial charge in [0.05, 0.1) is 5.60 Å².